The van der Waals surface area contributed by atoms with Crippen molar-refractivity contribution in [3.8, 4) is 0 Å². The van der Waals surface area contributed by atoms with Gasteiger partial charge in [0.15, 0.2) is 0 Å². The Morgan fingerprint density at radius 1 is 1.25 bits per heavy atom. The van der Waals surface area contributed by atoms with Gasteiger partial charge in [-0.25, -0.2) is 9.59 Å². The van der Waals surface area contributed by atoms with Crippen molar-refractivity contribution in [3.63, 3.8) is 0 Å². The van der Waals surface area contributed by atoms with Crippen molar-refractivity contribution < 1.29 is 14.7 Å². The fourth-order valence-electron chi connectivity index (χ4n) is 3.07. The highest BCUT2D eigenvalue weighted by Gasteiger charge is 2.27. The lowest BCUT2D eigenvalue weighted by Gasteiger charge is -2.21. The van der Waals surface area contributed by atoms with E-state index in [0.29, 0.717) is 19.0 Å². The maximum Gasteiger partial charge on any atom is 0.335 e. The van der Waals surface area contributed by atoms with Crippen molar-refractivity contribution in [2.75, 3.05) is 11.4 Å². The van der Waals surface area contributed by atoms with E-state index in [9.17, 15) is 9.59 Å². The van der Waals surface area contributed by atoms with Gasteiger partial charge in [0.25, 0.3) is 0 Å². The van der Waals surface area contributed by atoms with E-state index in [2.05, 4.69) is 5.32 Å². The Morgan fingerprint density at radius 2 is 2.00 bits per heavy atom. The van der Waals surface area contributed by atoms with Crippen molar-refractivity contribution in [1.29, 1.82) is 0 Å². The van der Waals surface area contributed by atoms with Crippen LogP contribution in [0.25, 0.3) is 0 Å². The van der Waals surface area contributed by atoms with Crippen LogP contribution in [0, 0.1) is 0 Å². The largest absolute Gasteiger partial charge is 0.478 e. The second-order valence-corrected chi connectivity index (χ2v) is 5.48. The lowest BCUT2D eigenvalue weighted by atomic mass is 10.1. The number of carbonyl (C=O) groups excluding carboxylic acids is 1. The van der Waals surface area contributed by atoms with Crippen molar-refractivity contribution in [1.82, 2.24) is 5.32 Å². The van der Waals surface area contributed by atoms with E-state index in [1.165, 1.54) is 12.8 Å². The highest BCUT2D eigenvalue weighted by molar-refractivity contribution is 5.96. The van der Waals surface area contributed by atoms with Crippen LogP contribution >= 0.6 is 0 Å². The highest BCUT2D eigenvalue weighted by Crippen LogP contribution is 2.29. The topological polar surface area (TPSA) is 69.6 Å². The molecule has 1 aliphatic heterocycles. The summed E-state index contributed by atoms with van der Waals surface area (Å²) in [6.07, 6.45) is 5.20. The molecular formula is C15H18N2O3. The molecule has 2 N–H and O–H groups in total. The molecule has 0 saturated heterocycles. The number of hydrogen-bond acceptors (Lipinski definition) is 2. The normalized spacial score (nSPS) is 18.1. The fraction of sp³-hybridized carbons (Fsp3) is 0.467. The maximum absolute atomic E-state index is 12.3. The second kappa shape index (κ2) is 5.15. The number of carbonyl (C=O) groups is 2. The van der Waals surface area contributed by atoms with Gasteiger partial charge in [-0.2, -0.15) is 0 Å². The molecule has 1 aromatic carbocycles. The van der Waals surface area contributed by atoms with Crippen LogP contribution in [0.4, 0.5) is 10.5 Å². The standard InChI is InChI=1S/C15H18N2O3/c18-14(19)11-5-6-13-10(9-11)7-8-17(13)15(20)16-12-3-1-2-4-12/h5-6,9,12H,1-4,7-8H2,(H,16,20)(H,18,19). The molecular weight excluding hydrogens is 256 g/mol. The summed E-state index contributed by atoms with van der Waals surface area (Å²) < 4.78 is 0. The number of urea groups is 1. The monoisotopic (exact) mass is 274 g/mol. The molecule has 2 amide bonds. The summed E-state index contributed by atoms with van der Waals surface area (Å²) in [5.41, 5.74) is 2.05. The molecule has 5 nitrogen and oxygen atoms in total. The summed E-state index contributed by atoms with van der Waals surface area (Å²) in [5, 5.41) is 12.1. The molecule has 1 fully saturated rings. The summed E-state index contributed by atoms with van der Waals surface area (Å²) >= 11 is 0. The molecule has 1 saturated carbocycles. The van der Waals surface area contributed by atoms with Crippen LogP contribution in [0.5, 0.6) is 0 Å². The fourth-order valence-corrected chi connectivity index (χ4v) is 3.07. The van der Waals surface area contributed by atoms with Gasteiger partial charge in [0.1, 0.15) is 0 Å². The van der Waals surface area contributed by atoms with Crippen LogP contribution in [-0.2, 0) is 6.42 Å². The molecule has 0 atom stereocenters. The third-order valence-electron chi connectivity index (χ3n) is 4.15. The first-order valence-electron chi connectivity index (χ1n) is 7.09. The van der Waals surface area contributed by atoms with E-state index < -0.39 is 5.97 Å². The Kier molecular flexibility index (Phi) is 3.34. The van der Waals surface area contributed by atoms with Crippen LogP contribution in [0.2, 0.25) is 0 Å². The number of nitrogens with one attached hydrogen (secondary N) is 1. The number of benzene rings is 1. The quantitative estimate of drug-likeness (QED) is 0.870. The number of carboxylic acids is 1. The Hall–Kier alpha value is -2.04. The van der Waals surface area contributed by atoms with Gasteiger partial charge in [-0.15, -0.1) is 0 Å². The van der Waals surface area contributed by atoms with Gasteiger partial charge in [-0.3, -0.25) is 4.90 Å². The smallest absolute Gasteiger partial charge is 0.335 e. The first-order chi connectivity index (χ1) is 9.65. The summed E-state index contributed by atoms with van der Waals surface area (Å²) in [4.78, 5) is 25.0. The molecule has 0 bridgehead atoms. The Labute approximate surface area is 117 Å². The molecule has 3 rings (SSSR count). The summed E-state index contributed by atoms with van der Waals surface area (Å²) in [7, 11) is 0. The van der Waals surface area contributed by atoms with Crippen LogP contribution < -0.4 is 10.2 Å². The molecule has 1 aromatic rings. The highest BCUT2D eigenvalue weighted by atomic mass is 16.4. The zero-order valence-corrected chi connectivity index (χ0v) is 11.3. The Bertz CT molecular complexity index is 550. The number of aromatic carboxylic acids is 1. The summed E-state index contributed by atoms with van der Waals surface area (Å²) in [5.74, 6) is -0.929. The number of amides is 2. The number of rotatable bonds is 2. The average molecular weight is 274 g/mol. The molecule has 20 heavy (non-hydrogen) atoms. The summed E-state index contributed by atoms with van der Waals surface area (Å²) in [6, 6.07) is 5.20. The molecule has 0 unspecified atom stereocenters. The number of nitrogens with zero attached hydrogens (tertiary/aromatic N) is 1. The third-order valence-corrected chi connectivity index (χ3v) is 4.15. The van der Waals surface area contributed by atoms with E-state index >= 15 is 0 Å². The molecule has 1 heterocycles. The van der Waals surface area contributed by atoms with Gasteiger partial charge in [-0.1, -0.05) is 12.8 Å². The molecule has 1 aliphatic carbocycles. The lowest BCUT2D eigenvalue weighted by molar-refractivity contribution is 0.0697. The van der Waals surface area contributed by atoms with Gasteiger partial charge in [0, 0.05) is 18.3 Å². The van der Waals surface area contributed by atoms with Gasteiger partial charge < -0.3 is 10.4 Å². The first-order valence-corrected chi connectivity index (χ1v) is 7.09. The van der Waals surface area contributed by atoms with Gasteiger partial charge in [-0.05, 0) is 43.0 Å². The second-order valence-electron chi connectivity index (χ2n) is 5.48. The molecule has 0 radical (unpaired) electrons. The lowest BCUT2D eigenvalue weighted by Crippen LogP contribution is -2.43. The zero-order valence-electron chi connectivity index (χ0n) is 11.3. The Morgan fingerprint density at radius 3 is 2.70 bits per heavy atom. The molecule has 0 spiro atoms. The third kappa shape index (κ3) is 2.35. The average Bonchev–Trinajstić information content (AvgIpc) is 3.06. The zero-order chi connectivity index (χ0) is 14.1. The van der Waals surface area contributed by atoms with Crippen molar-refractivity contribution in [2.24, 2.45) is 0 Å². The molecule has 106 valence electrons. The van der Waals surface area contributed by atoms with Crippen LogP contribution in [0.15, 0.2) is 18.2 Å². The number of anilines is 1. The van der Waals surface area contributed by atoms with E-state index in [0.717, 1.165) is 24.1 Å². The summed E-state index contributed by atoms with van der Waals surface area (Å²) in [6.45, 7) is 0.622. The van der Waals surface area contributed by atoms with E-state index in [-0.39, 0.29) is 11.6 Å². The first kappa shape index (κ1) is 13.0. The maximum atomic E-state index is 12.3. The minimum absolute atomic E-state index is 0.0567. The predicted octanol–water partition coefficient (Wildman–Crippen LogP) is 2.40. The number of carboxylic acid groups (broad SMARTS) is 1. The van der Waals surface area contributed by atoms with Crippen LogP contribution in [0.1, 0.15) is 41.6 Å². The Balaban J connectivity index is 1.75. The predicted molar refractivity (Wildman–Crippen MR) is 75.2 cm³/mol. The van der Waals surface area contributed by atoms with E-state index in [4.69, 9.17) is 5.11 Å². The van der Waals surface area contributed by atoms with Gasteiger partial charge in [0.2, 0.25) is 0 Å². The number of fused-ring (bicyclic) bond motifs is 1. The SMILES string of the molecule is O=C(O)c1ccc2c(c1)CCN2C(=O)NC1CCCC1. The molecule has 5 heteroatoms. The van der Waals surface area contributed by atoms with Crippen LogP contribution in [0.3, 0.4) is 0 Å². The van der Waals surface area contributed by atoms with Gasteiger partial charge >= 0.3 is 12.0 Å². The molecule has 0 aromatic heterocycles. The van der Waals surface area contributed by atoms with Crippen molar-refractivity contribution in [3.05, 3.63) is 29.3 Å². The molecule has 2 aliphatic rings. The number of hydrogen-bond donors (Lipinski definition) is 2. The van der Waals surface area contributed by atoms with Crippen LogP contribution in [-0.4, -0.2) is 29.7 Å². The minimum Gasteiger partial charge on any atom is -0.478 e. The minimum atomic E-state index is -0.929. The van der Waals surface area contributed by atoms with E-state index in [1.807, 2.05) is 0 Å². The van der Waals surface area contributed by atoms with Crippen molar-refractivity contribution >= 4 is 17.7 Å². The van der Waals surface area contributed by atoms with E-state index in [1.54, 1.807) is 23.1 Å². The van der Waals surface area contributed by atoms with Gasteiger partial charge in [0.05, 0.1) is 5.56 Å². The van der Waals surface area contributed by atoms with Crippen molar-refractivity contribution in [2.45, 2.75) is 38.1 Å².